The Morgan fingerprint density at radius 3 is 2.00 bits per heavy atom. The van der Waals surface area contributed by atoms with E-state index in [0.717, 1.165) is 5.92 Å². The Hall–Kier alpha value is -1.44. The molecule has 2 N–H and O–H groups in total. The molecule has 0 bridgehead atoms. The summed E-state index contributed by atoms with van der Waals surface area (Å²) in [5, 5.41) is 0. The highest BCUT2D eigenvalue weighted by atomic mass is 16.2. The minimum Gasteiger partial charge on any atom is -0.328 e. The van der Waals surface area contributed by atoms with Gasteiger partial charge in [-0.2, -0.15) is 9.59 Å². The van der Waals surface area contributed by atoms with Crippen molar-refractivity contribution >= 4 is 6.15 Å². The second kappa shape index (κ2) is 6.94. The van der Waals surface area contributed by atoms with Crippen LogP contribution in [-0.2, 0) is 9.59 Å². The van der Waals surface area contributed by atoms with Crippen LogP contribution in [0.15, 0.2) is 30.3 Å². The Morgan fingerprint density at radius 1 is 1.00 bits per heavy atom. The fraction of sp³-hybridized carbons (Fsp3) is 0.462. The summed E-state index contributed by atoms with van der Waals surface area (Å²) in [6.45, 7) is 0. The van der Waals surface area contributed by atoms with Crippen LogP contribution in [0.2, 0.25) is 0 Å². The first kappa shape index (κ1) is 12.6. The number of hydrogen-bond donors (Lipinski definition) is 1. The molecule has 1 aromatic rings. The van der Waals surface area contributed by atoms with Gasteiger partial charge in [0.05, 0.1) is 0 Å². The molecule has 1 aliphatic rings. The quantitative estimate of drug-likeness (QED) is 0.786. The molecule has 16 heavy (non-hydrogen) atoms. The Balaban J connectivity index is 0.000000386. The van der Waals surface area contributed by atoms with Gasteiger partial charge in [-0.25, -0.2) is 0 Å². The predicted molar refractivity (Wildman–Crippen MR) is 60.6 cm³/mol. The van der Waals surface area contributed by atoms with Crippen molar-refractivity contribution in [1.82, 2.24) is 0 Å². The monoisotopic (exact) mass is 219 g/mol. The first-order chi connectivity index (χ1) is 7.77. The van der Waals surface area contributed by atoms with Gasteiger partial charge in [0.25, 0.3) is 0 Å². The smallest absolute Gasteiger partial charge is 0.328 e. The fourth-order valence-corrected chi connectivity index (χ4v) is 2.18. The molecule has 3 heteroatoms. The highest BCUT2D eigenvalue weighted by molar-refractivity contribution is 5.20. The normalized spacial score (nSPS) is 23.8. The van der Waals surface area contributed by atoms with E-state index in [1.165, 1.54) is 31.2 Å². The van der Waals surface area contributed by atoms with Crippen molar-refractivity contribution in [1.29, 1.82) is 0 Å². The molecule has 0 radical (unpaired) electrons. The minimum absolute atomic E-state index is 0.250. The molecule has 0 spiro atoms. The average Bonchev–Trinajstić information content (AvgIpc) is 2.32. The zero-order valence-electron chi connectivity index (χ0n) is 9.26. The zero-order valence-corrected chi connectivity index (χ0v) is 9.26. The highest BCUT2D eigenvalue weighted by Gasteiger charge is 2.19. The summed E-state index contributed by atoms with van der Waals surface area (Å²) < 4.78 is 0. The molecule has 1 saturated carbocycles. The van der Waals surface area contributed by atoms with Crippen LogP contribution in [0.4, 0.5) is 0 Å². The van der Waals surface area contributed by atoms with Gasteiger partial charge in [0.15, 0.2) is 0 Å². The molecule has 86 valence electrons. The number of benzene rings is 1. The largest absolute Gasteiger partial charge is 0.373 e. The van der Waals surface area contributed by atoms with E-state index < -0.39 is 0 Å². The van der Waals surface area contributed by atoms with E-state index >= 15 is 0 Å². The van der Waals surface area contributed by atoms with Gasteiger partial charge < -0.3 is 5.73 Å². The van der Waals surface area contributed by atoms with E-state index in [9.17, 15) is 0 Å². The molecule has 1 fully saturated rings. The molecule has 0 unspecified atom stereocenters. The topological polar surface area (TPSA) is 60.2 Å². The molecule has 1 aromatic carbocycles. The van der Waals surface area contributed by atoms with Crippen molar-refractivity contribution in [2.75, 3.05) is 0 Å². The second-order valence-corrected chi connectivity index (χ2v) is 4.11. The Labute approximate surface area is 95.6 Å². The molecular weight excluding hydrogens is 202 g/mol. The standard InChI is InChI=1S/C12H17N.CO2/c13-12-8-6-11(7-9-12)10-4-2-1-3-5-10;2-1-3/h1-5,11-12H,6-9,13H2;. The Morgan fingerprint density at radius 2 is 1.50 bits per heavy atom. The van der Waals surface area contributed by atoms with Crippen LogP contribution in [0.1, 0.15) is 37.2 Å². The molecule has 0 atom stereocenters. The van der Waals surface area contributed by atoms with E-state index in [2.05, 4.69) is 30.3 Å². The first-order valence-electron chi connectivity index (χ1n) is 5.57. The first-order valence-corrected chi connectivity index (χ1v) is 5.57. The van der Waals surface area contributed by atoms with Crippen molar-refractivity contribution in [3.8, 4) is 0 Å². The van der Waals surface area contributed by atoms with Gasteiger partial charge in [0.2, 0.25) is 0 Å². The van der Waals surface area contributed by atoms with Gasteiger partial charge in [-0.15, -0.1) is 0 Å². The van der Waals surface area contributed by atoms with E-state index in [4.69, 9.17) is 15.3 Å². The van der Waals surface area contributed by atoms with Gasteiger partial charge in [0.1, 0.15) is 0 Å². The Bertz CT molecular complexity index is 323. The van der Waals surface area contributed by atoms with Crippen molar-refractivity contribution in [2.24, 2.45) is 5.73 Å². The maximum absolute atomic E-state index is 8.12. The van der Waals surface area contributed by atoms with E-state index in [1.54, 1.807) is 0 Å². The zero-order chi connectivity index (χ0) is 11.8. The fourth-order valence-electron chi connectivity index (χ4n) is 2.18. The number of hydrogen-bond acceptors (Lipinski definition) is 3. The van der Waals surface area contributed by atoms with Crippen LogP contribution < -0.4 is 5.73 Å². The Kier molecular flexibility index (Phi) is 5.48. The molecule has 0 saturated heterocycles. The lowest BCUT2D eigenvalue weighted by atomic mass is 9.82. The molecule has 0 aliphatic heterocycles. The van der Waals surface area contributed by atoms with Gasteiger partial charge >= 0.3 is 6.15 Å². The lowest BCUT2D eigenvalue weighted by Crippen LogP contribution is -2.25. The van der Waals surface area contributed by atoms with E-state index in [1.807, 2.05) is 0 Å². The third-order valence-electron chi connectivity index (χ3n) is 3.04. The summed E-state index contributed by atoms with van der Waals surface area (Å²) in [6, 6.07) is 11.3. The molecule has 0 amide bonds. The lowest BCUT2D eigenvalue weighted by molar-refractivity contribution is -0.191. The van der Waals surface area contributed by atoms with Crippen molar-refractivity contribution in [3.05, 3.63) is 35.9 Å². The summed E-state index contributed by atoms with van der Waals surface area (Å²) in [7, 11) is 0. The summed E-state index contributed by atoms with van der Waals surface area (Å²) in [5.74, 6) is 0.765. The van der Waals surface area contributed by atoms with Crippen LogP contribution in [0, 0.1) is 0 Å². The van der Waals surface area contributed by atoms with E-state index in [-0.39, 0.29) is 6.15 Å². The lowest BCUT2D eigenvalue weighted by Gasteiger charge is -2.26. The minimum atomic E-state index is 0.250. The van der Waals surface area contributed by atoms with Crippen molar-refractivity contribution < 1.29 is 9.59 Å². The van der Waals surface area contributed by atoms with Crippen LogP contribution in [-0.4, -0.2) is 12.2 Å². The van der Waals surface area contributed by atoms with E-state index in [0.29, 0.717) is 6.04 Å². The highest BCUT2D eigenvalue weighted by Crippen LogP contribution is 2.31. The number of nitrogens with two attached hydrogens (primary N) is 1. The molecule has 0 aromatic heterocycles. The van der Waals surface area contributed by atoms with Crippen LogP contribution >= 0.6 is 0 Å². The molecule has 3 nitrogen and oxygen atoms in total. The predicted octanol–water partition coefficient (Wildman–Crippen LogP) is 2.09. The summed E-state index contributed by atoms with van der Waals surface area (Å²) >= 11 is 0. The second-order valence-electron chi connectivity index (χ2n) is 4.11. The maximum Gasteiger partial charge on any atom is 0.373 e. The number of rotatable bonds is 1. The van der Waals surface area contributed by atoms with Crippen LogP contribution in [0.3, 0.4) is 0 Å². The van der Waals surface area contributed by atoms with Crippen LogP contribution in [0.5, 0.6) is 0 Å². The third-order valence-corrected chi connectivity index (χ3v) is 3.04. The van der Waals surface area contributed by atoms with Gasteiger partial charge in [0, 0.05) is 6.04 Å². The van der Waals surface area contributed by atoms with Gasteiger partial charge in [-0.3, -0.25) is 0 Å². The molecule has 2 rings (SSSR count). The van der Waals surface area contributed by atoms with Crippen molar-refractivity contribution in [2.45, 2.75) is 37.6 Å². The van der Waals surface area contributed by atoms with Gasteiger partial charge in [-0.1, -0.05) is 30.3 Å². The maximum atomic E-state index is 8.12. The average molecular weight is 219 g/mol. The molecule has 1 aliphatic carbocycles. The van der Waals surface area contributed by atoms with Gasteiger partial charge in [-0.05, 0) is 37.2 Å². The molecular formula is C13H17NO2. The third kappa shape index (κ3) is 3.97. The molecule has 0 heterocycles. The summed E-state index contributed by atoms with van der Waals surface area (Å²) in [6.07, 6.45) is 5.18. The van der Waals surface area contributed by atoms with Crippen molar-refractivity contribution in [3.63, 3.8) is 0 Å². The SMILES string of the molecule is NC1CCC(c2ccccc2)CC1.O=C=O. The summed E-state index contributed by atoms with van der Waals surface area (Å²) in [4.78, 5) is 16.2. The summed E-state index contributed by atoms with van der Waals surface area (Å²) in [5.41, 5.74) is 7.37. The van der Waals surface area contributed by atoms with Crippen LogP contribution in [0.25, 0.3) is 0 Å². The number of carbonyl (C=O) groups excluding carboxylic acids is 2.